The lowest BCUT2D eigenvalue weighted by molar-refractivity contribution is -0.303. The van der Waals surface area contributed by atoms with Crippen molar-refractivity contribution in [2.45, 2.75) is 146 Å². The van der Waals surface area contributed by atoms with E-state index < -0.39 is 60.5 Å². The Hall–Kier alpha value is -0.899. The highest BCUT2D eigenvalue weighted by Crippen LogP contribution is 2.60. The number of hydrogen-bond acceptors (Lipinski definition) is 7. The van der Waals surface area contributed by atoms with Crippen LogP contribution < -0.4 is 0 Å². The minimum absolute atomic E-state index is 0.0322. The Kier molecular flexibility index (Phi) is 8.80. The summed E-state index contributed by atoms with van der Waals surface area (Å²) in [5.41, 5.74) is -1.38. The first-order valence-corrected chi connectivity index (χ1v) is 24.6. The summed E-state index contributed by atoms with van der Waals surface area (Å²) in [5, 5.41) is 14.1. The second-order valence-electron chi connectivity index (χ2n) is 16.6. The van der Waals surface area contributed by atoms with Gasteiger partial charge >= 0.3 is 0 Å². The van der Waals surface area contributed by atoms with Crippen molar-refractivity contribution in [2.75, 3.05) is 6.61 Å². The van der Waals surface area contributed by atoms with E-state index in [0.29, 0.717) is 0 Å². The SMILES string of the molecule is CC(C)(C)[Si](C)(C)OC[C@]1(O)[C@H]2O[C@H]2[C@]2(CC(=O)N2OCc2ccccc2)[C@H](O[Si](C)(C)C)[C@@H]1O[Si](C)(C)C(C)(C)C. The largest absolute Gasteiger partial charge is 0.414 e. The van der Waals surface area contributed by atoms with Gasteiger partial charge in [-0.3, -0.25) is 9.63 Å². The average Bonchev–Trinajstić information content (AvgIpc) is 3.63. The number of amides is 1. The van der Waals surface area contributed by atoms with Gasteiger partial charge in [-0.1, -0.05) is 71.9 Å². The topological polar surface area (TPSA) is 90.0 Å². The maximum absolute atomic E-state index is 13.3. The second-order valence-corrected chi connectivity index (χ2v) is 30.6. The van der Waals surface area contributed by atoms with E-state index in [-0.39, 0.29) is 35.6 Å². The second kappa shape index (κ2) is 10.9. The highest BCUT2D eigenvalue weighted by atomic mass is 28.4. The predicted octanol–water partition coefficient (Wildman–Crippen LogP) is 6.23. The molecule has 0 bridgehead atoms. The lowest BCUT2D eigenvalue weighted by Crippen LogP contribution is -2.82. The number of aliphatic hydroxyl groups is 1. The molecule has 2 aliphatic heterocycles. The summed E-state index contributed by atoms with van der Waals surface area (Å²) in [6, 6.07) is 9.82. The summed E-state index contributed by atoms with van der Waals surface area (Å²) in [5.74, 6) is -0.113. The molecule has 1 spiro atoms. The van der Waals surface area contributed by atoms with Gasteiger partial charge in [-0.15, -0.1) is 0 Å². The molecule has 1 amide bonds. The van der Waals surface area contributed by atoms with Crippen LogP contribution in [0.4, 0.5) is 0 Å². The van der Waals surface area contributed by atoms with Gasteiger partial charge in [0.25, 0.3) is 0 Å². The third kappa shape index (κ3) is 6.15. The van der Waals surface area contributed by atoms with E-state index in [2.05, 4.69) is 87.4 Å². The smallest absolute Gasteiger partial charge is 0.249 e. The van der Waals surface area contributed by atoms with E-state index in [0.717, 1.165) is 5.56 Å². The summed E-state index contributed by atoms with van der Waals surface area (Å²) in [7, 11) is -6.91. The highest BCUT2D eigenvalue weighted by molar-refractivity contribution is 6.74. The fraction of sp³-hybridized carbons (Fsp3) is 0.774. The molecular weight excluding hydrogens is 583 g/mol. The summed E-state index contributed by atoms with van der Waals surface area (Å²) in [6.45, 7) is 28.6. The number of hydroxylamine groups is 2. The van der Waals surface area contributed by atoms with Crippen LogP contribution in [0.25, 0.3) is 0 Å². The first kappa shape index (κ1) is 34.0. The normalized spacial score (nSPS) is 32.1. The van der Waals surface area contributed by atoms with E-state index in [1.165, 1.54) is 5.06 Å². The van der Waals surface area contributed by atoms with E-state index >= 15 is 0 Å². The molecule has 42 heavy (non-hydrogen) atoms. The van der Waals surface area contributed by atoms with Crippen LogP contribution in [0.1, 0.15) is 53.5 Å². The molecule has 0 aromatic heterocycles. The monoisotopic (exact) mass is 637 g/mol. The number of epoxide rings is 1. The summed E-state index contributed by atoms with van der Waals surface area (Å²) in [6.07, 6.45) is -2.21. The van der Waals surface area contributed by atoms with Crippen molar-refractivity contribution >= 4 is 30.9 Å². The number of benzene rings is 1. The Morgan fingerprint density at radius 1 is 0.881 bits per heavy atom. The van der Waals surface area contributed by atoms with Crippen molar-refractivity contribution in [3.63, 3.8) is 0 Å². The molecule has 2 heterocycles. The molecule has 6 atom stereocenters. The maximum atomic E-state index is 13.3. The van der Waals surface area contributed by atoms with E-state index in [9.17, 15) is 9.90 Å². The van der Waals surface area contributed by atoms with Crippen LogP contribution in [0.15, 0.2) is 30.3 Å². The Morgan fingerprint density at radius 2 is 1.45 bits per heavy atom. The van der Waals surface area contributed by atoms with Crippen LogP contribution in [0, 0.1) is 0 Å². The number of rotatable bonds is 10. The van der Waals surface area contributed by atoms with Crippen molar-refractivity contribution in [1.29, 1.82) is 0 Å². The van der Waals surface area contributed by atoms with Gasteiger partial charge in [0.2, 0.25) is 5.91 Å². The summed E-state index contributed by atoms with van der Waals surface area (Å²) in [4.78, 5) is 19.5. The molecule has 1 aliphatic carbocycles. The van der Waals surface area contributed by atoms with Crippen LogP contribution in [0.3, 0.4) is 0 Å². The molecule has 0 radical (unpaired) electrons. The fourth-order valence-electron chi connectivity index (χ4n) is 5.46. The molecule has 4 rings (SSSR count). The molecular formula is C31H55NO7Si3. The highest BCUT2D eigenvalue weighted by Gasteiger charge is 2.81. The predicted molar refractivity (Wildman–Crippen MR) is 172 cm³/mol. The first-order valence-electron chi connectivity index (χ1n) is 15.3. The number of nitrogens with zero attached hydrogens (tertiary/aromatic N) is 1. The van der Waals surface area contributed by atoms with Gasteiger partial charge in [0.05, 0.1) is 13.0 Å². The molecule has 0 unspecified atom stereocenters. The Balaban J connectivity index is 1.78. The van der Waals surface area contributed by atoms with E-state index in [1.807, 2.05) is 30.3 Å². The number of hydrogen-bond donors (Lipinski definition) is 1. The maximum Gasteiger partial charge on any atom is 0.249 e. The summed E-state index contributed by atoms with van der Waals surface area (Å²) < 4.78 is 27.3. The van der Waals surface area contributed by atoms with E-state index in [4.69, 9.17) is 22.9 Å². The zero-order valence-corrected chi connectivity index (χ0v) is 31.2. The van der Waals surface area contributed by atoms with Crippen LogP contribution in [0.2, 0.25) is 55.9 Å². The van der Waals surface area contributed by atoms with Crippen molar-refractivity contribution in [1.82, 2.24) is 5.06 Å². The molecule has 2 saturated heterocycles. The first-order chi connectivity index (χ1) is 19.0. The number of carbonyl (C=O) groups excluding carboxylic acids is 1. The van der Waals surface area contributed by atoms with Gasteiger partial charge in [0.15, 0.2) is 25.0 Å². The van der Waals surface area contributed by atoms with Gasteiger partial charge in [0, 0.05) is 0 Å². The molecule has 1 aromatic carbocycles. The number of ether oxygens (including phenoxy) is 1. The van der Waals surface area contributed by atoms with Gasteiger partial charge in [-0.2, -0.15) is 0 Å². The molecule has 238 valence electrons. The van der Waals surface area contributed by atoms with Crippen LogP contribution in [-0.4, -0.2) is 83.2 Å². The lowest BCUT2D eigenvalue weighted by Gasteiger charge is -2.61. The third-order valence-corrected chi connectivity index (χ3v) is 20.1. The Morgan fingerprint density at radius 3 is 1.95 bits per heavy atom. The number of β-lactam (4-membered cyclic amide) rings is 1. The molecule has 11 heteroatoms. The van der Waals surface area contributed by atoms with Gasteiger partial charge < -0.3 is 23.1 Å². The molecule has 3 aliphatic rings. The van der Waals surface area contributed by atoms with Crippen LogP contribution in [-0.2, 0) is 34.3 Å². The third-order valence-electron chi connectivity index (χ3n) is 10.2. The quantitative estimate of drug-likeness (QED) is 0.185. The fourth-order valence-corrected chi connectivity index (χ4v) is 8.90. The Bertz CT molecular complexity index is 1140. The van der Waals surface area contributed by atoms with Crippen molar-refractivity contribution in [3.8, 4) is 0 Å². The zero-order chi connectivity index (χ0) is 31.7. The minimum Gasteiger partial charge on any atom is -0.414 e. The van der Waals surface area contributed by atoms with Crippen molar-refractivity contribution in [2.24, 2.45) is 0 Å². The molecule has 1 aromatic rings. The molecule has 1 saturated carbocycles. The van der Waals surface area contributed by atoms with Gasteiger partial charge in [-0.25, -0.2) is 5.06 Å². The van der Waals surface area contributed by atoms with Crippen molar-refractivity contribution in [3.05, 3.63) is 35.9 Å². The van der Waals surface area contributed by atoms with Gasteiger partial charge in [-0.05, 0) is 61.5 Å². The zero-order valence-electron chi connectivity index (χ0n) is 28.2. The van der Waals surface area contributed by atoms with Crippen LogP contribution >= 0.6 is 0 Å². The number of carbonyl (C=O) groups is 1. The van der Waals surface area contributed by atoms with Gasteiger partial charge in [0.1, 0.15) is 42.2 Å². The van der Waals surface area contributed by atoms with Crippen molar-refractivity contribution < 1.29 is 32.8 Å². The molecule has 8 nitrogen and oxygen atoms in total. The lowest BCUT2D eigenvalue weighted by atomic mass is 9.65. The van der Waals surface area contributed by atoms with E-state index in [1.54, 1.807) is 0 Å². The van der Waals surface area contributed by atoms with Crippen LogP contribution in [0.5, 0.6) is 0 Å². The summed E-state index contributed by atoms with van der Waals surface area (Å²) >= 11 is 0. The number of fused-ring (bicyclic) bond motifs is 2. The minimum atomic E-state index is -2.45. The molecule has 1 N–H and O–H groups in total. The standard InChI is InChI=1S/C31H55NO7Si3/c1-28(2,3)41(10,11)36-21-31(34)26-24(37-26)30(19-23(33)32(30)35-20-22-17-15-14-16-18-22)25(38-40(7,8)9)27(31)39-42(12,13)29(4,5)6/h14-18,24-27,34H,19-21H2,1-13H3/t24-,25-,26+,27+,30-,31+/m1/s1. The Labute approximate surface area is 256 Å². The molecule has 3 fully saturated rings. The average molecular weight is 638 g/mol.